The third-order valence-electron chi connectivity index (χ3n) is 2.95. The summed E-state index contributed by atoms with van der Waals surface area (Å²) in [6.45, 7) is 1.96. The van der Waals surface area contributed by atoms with Gasteiger partial charge in [-0.1, -0.05) is 23.7 Å². The van der Waals surface area contributed by atoms with Crippen molar-refractivity contribution >= 4 is 28.9 Å². The minimum Gasteiger partial charge on any atom is -0.375 e. The van der Waals surface area contributed by atoms with E-state index in [1.54, 1.807) is 36.4 Å². The van der Waals surface area contributed by atoms with Crippen molar-refractivity contribution in [1.82, 2.24) is 0 Å². The van der Waals surface area contributed by atoms with Crippen LogP contribution in [0.25, 0.3) is 0 Å². The molecular formula is C16H14ClN3O. The zero-order chi connectivity index (χ0) is 15.2. The highest BCUT2D eigenvalue weighted by atomic mass is 35.5. The first kappa shape index (κ1) is 14.9. The first-order chi connectivity index (χ1) is 10.1. The molecule has 0 saturated carbocycles. The van der Waals surface area contributed by atoms with E-state index in [-0.39, 0.29) is 12.5 Å². The highest BCUT2D eigenvalue weighted by Gasteiger charge is 2.06. The molecule has 2 aromatic carbocycles. The fraction of sp³-hybridized carbons (Fsp3) is 0.125. The maximum atomic E-state index is 11.9. The van der Waals surface area contributed by atoms with Gasteiger partial charge >= 0.3 is 0 Å². The molecular weight excluding hydrogens is 286 g/mol. The molecule has 0 aliphatic rings. The van der Waals surface area contributed by atoms with Crippen molar-refractivity contribution in [3.05, 3.63) is 58.6 Å². The van der Waals surface area contributed by atoms with Crippen LogP contribution in [0.5, 0.6) is 0 Å². The fourth-order valence-electron chi connectivity index (χ4n) is 1.87. The second kappa shape index (κ2) is 6.78. The van der Waals surface area contributed by atoms with Crippen LogP contribution >= 0.6 is 11.6 Å². The zero-order valence-corrected chi connectivity index (χ0v) is 12.2. The molecule has 0 spiro atoms. The van der Waals surface area contributed by atoms with Crippen molar-refractivity contribution < 1.29 is 4.79 Å². The SMILES string of the molecule is Cc1cc(Cl)ccc1NC(=O)CNc1ccccc1C#N. The second-order valence-corrected chi connectivity index (χ2v) is 4.95. The Labute approximate surface area is 128 Å². The molecule has 0 fully saturated rings. The van der Waals surface area contributed by atoms with Gasteiger partial charge in [-0.05, 0) is 42.8 Å². The molecule has 0 bridgehead atoms. The molecule has 0 aliphatic carbocycles. The number of hydrogen-bond acceptors (Lipinski definition) is 3. The number of halogens is 1. The number of rotatable bonds is 4. The van der Waals surface area contributed by atoms with Crippen LogP contribution in [0.1, 0.15) is 11.1 Å². The van der Waals surface area contributed by atoms with Crippen LogP contribution < -0.4 is 10.6 Å². The molecule has 0 saturated heterocycles. The van der Waals surface area contributed by atoms with Gasteiger partial charge in [-0.25, -0.2) is 0 Å². The van der Waals surface area contributed by atoms with Crippen LogP contribution in [-0.4, -0.2) is 12.5 Å². The summed E-state index contributed by atoms with van der Waals surface area (Å²) in [5, 5.41) is 15.4. The highest BCUT2D eigenvalue weighted by molar-refractivity contribution is 6.30. The Balaban J connectivity index is 1.98. The van der Waals surface area contributed by atoms with Crippen LogP contribution in [0.4, 0.5) is 11.4 Å². The summed E-state index contributed by atoms with van der Waals surface area (Å²) < 4.78 is 0. The minimum absolute atomic E-state index is 0.0841. The summed E-state index contributed by atoms with van der Waals surface area (Å²) in [7, 11) is 0. The van der Waals surface area contributed by atoms with Crippen LogP contribution in [-0.2, 0) is 4.79 Å². The molecule has 0 atom stereocenters. The Morgan fingerprint density at radius 1 is 1.24 bits per heavy atom. The number of benzene rings is 2. The summed E-state index contributed by atoms with van der Waals surface area (Å²) in [4.78, 5) is 11.9. The van der Waals surface area contributed by atoms with Crippen molar-refractivity contribution in [2.75, 3.05) is 17.2 Å². The predicted octanol–water partition coefficient (Wildman–Crippen LogP) is 3.57. The van der Waals surface area contributed by atoms with Gasteiger partial charge in [0.25, 0.3) is 0 Å². The minimum atomic E-state index is -0.187. The maximum Gasteiger partial charge on any atom is 0.243 e. The first-order valence-electron chi connectivity index (χ1n) is 6.39. The van der Waals surface area contributed by atoms with Gasteiger partial charge in [0, 0.05) is 10.7 Å². The van der Waals surface area contributed by atoms with Crippen LogP contribution in [0.2, 0.25) is 5.02 Å². The van der Waals surface area contributed by atoms with Crippen molar-refractivity contribution in [2.24, 2.45) is 0 Å². The standard InChI is InChI=1S/C16H14ClN3O/c1-11-8-13(17)6-7-14(11)20-16(21)10-19-15-5-3-2-4-12(15)9-18/h2-8,19H,10H2,1H3,(H,20,21). The molecule has 2 N–H and O–H groups in total. The summed E-state index contributed by atoms with van der Waals surface area (Å²) in [5.74, 6) is -0.187. The van der Waals surface area contributed by atoms with Gasteiger partial charge in [0.05, 0.1) is 17.8 Å². The van der Waals surface area contributed by atoms with Gasteiger partial charge in [-0.15, -0.1) is 0 Å². The lowest BCUT2D eigenvalue weighted by atomic mass is 10.2. The number of para-hydroxylation sites is 1. The first-order valence-corrected chi connectivity index (χ1v) is 6.77. The Kier molecular flexibility index (Phi) is 4.81. The lowest BCUT2D eigenvalue weighted by Gasteiger charge is -2.10. The number of amides is 1. The van der Waals surface area contributed by atoms with Gasteiger partial charge in [-0.2, -0.15) is 5.26 Å². The van der Waals surface area contributed by atoms with E-state index in [1.807, 2.05) is 13.0 Å². The maximum absolute atomic E-state index is 11.9. The molecule has 21 heavy (non-hydrogen) atoms. The van der Waals surface area contributed by atoms with Crippen molar-refractivity contribution in [3.63, 3.8) is 0 Å². The fourth-order valence-corrected chi connectivity index (χ4v) is 2.10. The van der Waals surface area contributed by atoms with E-state index in [1.165, 1.54) is 0 Å². The van der Waals surface area contributed by atoms with Gasteiger partial charge in [0.1, 0.15) is 6.07 Å². The Morgan fingerprint density at radius 3 is 2.71 bits per heavy atom. The molecule has 0 heterocycles. The smallest absolute Gasteiger partial charge is 0.243 e. The Hall–Kier alpha value is -2.51. The van der Waals surface area contributed by atoms with Crippen molar-refractivity contribution in [3.8, 4) is 6.07 Å². The quantitative estimate of drug-likeness (QED) is 0.907. The van der Waals surface area contributed by atoms with E-state index in [2.05, 4.69) is 16.7 Å². The topological polar surface area (TPSA) is 64.9 Å². The molecule has 106 valence electrons. The van der Waals surface area contributed by atoms with E-state index in [0.717, 1.165) is 11.3 Å². The lowest BCUT2D eigenvalue weighted by molar-refractivity contribution is -0.114. The Morgan fingerprint density at radius 2 is 2.00 bits per heavy atom. The van der Waals surface area contributed by atoms with Crippen LogP contribution in [0.3, 0.4) is 0 Å². The van der Waals surface area contributed by atoms with E-state index in [9.17, 15) is 4.79 Å². The predicted molar refractivity (Wildman–Crippen MR) is 84.5 cm³/mol. The second-order valence-electron chi connectivity index (χ2n) is 4.52. The van der Waals surface area contributed by atoms with E-state index < -0.39 is 0 Å². The average Bonchev–Trinajstić information content (AvgIpc) is 2.48. The number of carbonyl (C=O) groups excluding carboxylic acids is 1. The number of carbonyl (C=O) groups is 1. The summed E-state index contributed by atoms with van der Waals surface area (Å²) in [6.07, 6.45) is 0. The molecule has 5 heteroatoms. The summed E-state index contributed by atoms with van der Waals surface area (Å²) in [6, 6.07) is 14.4. The molecule has 0 radical (unpaired) electrons. The number of anilines is 2. The molecule has 2 aromatic rings. The third-order valence-corrected chi connectivity index (χ3v) is 3.18. The lowest BCUT2D eigenvalue weighted by Crippen LogP contribution is -2.22. The number of nitrogens with zero attached hydrogens (tertiary/aromatic N) is 1. The normalized spacial score (nSPS) is 9.76. The van der Waals surface area contributed by atoms with E-state index in [0.29, 0.717) is 16.3 Å². The molecule has 0 aliphatic heterocycles. The van der Waals surface area contributed by atoms with E-state index in [4.69, 9.17) is 16.9 Å². The van der Waals surface area contributed by atoms with E-state index >= 15 is 0 Å². The molecule has 0 unspecified atom stereocenters. The molecule has 1 amide bonds. The van der Waals surface area contributed by atoms with Crippen molar-refractivity contribution in [1.29, 1.82) is 5.26 Å². The van der Waals surface area contributed by atoms with Gasteiger partial charge in [0.2, 0.25) is 5.91 Å². The van der Waals surface area contributed by atoms with Gasteiger partial charge in [0.15, 0.2) is 0 Å². The van der Waals surface area contributed by atoms with Crippen LogP contribution in [0, 0.1) is 18.3 Å². The third kappa shape index (κ3) is 3.98. The number of aryl methyl sites for hydroxylation is 1. The summed E-state index contributed by atoms with van der Waals surface area (Å²) in [5.41, 5.74) is 2.77. The number of nitrogens with one attached hydrogen (secondary N) is 2. The number of nitriles is 1. The Bertz CT molecular complexity index is 707. The van der Waals surface area contributed by atoms with Crippen molar-refractivity contribution in [2.45, 2.75) is 6.92 Å². The van der Waals surface area contributed by atoms with Gasteiger partial charge in [-0.3, -0.25) is 4.79 Å². The molecule has 4 nitrogen and oxygen atoms in total. The number of hydrogen-bond donors (Lipinski definition) is 2. The van der Waals surface area contributed by atoms with Crippen LogP contribution in [0.15, 0.2) is 42.5 Å². The average molecular weight is 300 g/mol. The zero-order valence-electron chi connectivity index (χ0n) is 11.5. The monoisotopic (exact) mass is 299 g/mol. The largest absolute Gasteiger partial charge is 0.375 e. The molecule has 2 rings (SSSR count). The summed E-state index contributed by atoms with van der Waals surface area (Å²) >= 11 is 5.87. The van der Waals surface area contributed by atoms with Gasteiger partial charge < -0.3 is 10.6 Å². The highest BCUT2D eigenvalue weighted by Crippen LogP contribution is 2.19. The molecule has 0 aromatic heterocycles.